The van der Waals surface area contributed by atoms with Crippen LogP contribution in [0.25, 0.3) is 11.0 Å². The Bertz CT molecular complexity index is 1080. The van der Waals surface area contributed by atoms with E-state index in [-0.39, 0.29) is 5.91 Å². The van der Waals surface area contributed by atoms with Crippen molar-refractivity contribution < 1.29 is 19.0 Å². The molecule has 164 valence electrons. The van der Waals surface area contributed by atoms with Crippen LogP contribution in [-0.2, 0) is 13.1 Å². The molecular formula is C23H28N4O4. The van der Waals surface area contributed by atoms with Gasteiger partial charge in [-0.25, -0.2) is 4.98 Å². The number of nitrogens with zero attached hydrogens (tertiary/aromatic N) is 3. The highest BCUT2D eigenvalue weighted by molar-refractivity contribution is 6.05. The van der Waals surface area contributed by atoms with Gasteiger partial charge in [-0.3, -0.25) is 9.69 Å². The molecule has 8 heteroatoms. The summed E-state index contributed by atoms with van der Waals surface area (Å²) in [6, 6.07) is 9.11. The number of amides is 1. The van der Waals surface area contributed by atoms with Gasteiger partial charge in [-0.2, -0.15) is 0 Å². The Hall–Kier alpha value is -3.26. The quantitative estimate of drug-likeness (QED) is 0.625. The van der Waals surface area contributed by atoms with Crippen molar-refractivity contribution >= 4 is 22.6 Å². The lowest BCUT2D eigenvalue weighted by Crippen LogP contribution is -2.34. The highest BCUT2D eigenvalue weighted by Gasteiger charge is 2.20. The molecule has 0 spiro atoms. The Balaban J connectivity index is 1.58. The molecule has 0 bridgehead atoms. The molecule has 31 heavy (non-hydrogen) atoms. The maximum absolute atomic E-state index is 12.9. The zero-order valence-corrected chi connectivity index (χ0v) is 18.4. The molecule has 2 heterocycles. The first-order chi connectivity index (χ1) is 15.1. The van der Waals surface area contributed by atoms with E-state index in [9.17, 15) is 4.79 Å². The first kappa shape index (κ1) is 21.0. The smallest absolute Gasteiger partial charge is 0.255 e. The molecule has 0 unspecified atom stereocenters. The number of anilines is 1. The molecule has 1 N–H and O–H groups in total. The number of ether oxygens (including phenoxy) is 3. The molecule has 0 saturated heterocycles. The number of hydrogen-bond acceptors (Lipinski definition) is 6. The van der Waals surface area contributed by atoms with Crippen LogP contribution in [0.15, 0.2) is 30.3 Å². The van der Waals surface area contributed by atoms with Crippen LogP contribution in [0.1, 0.15) is 29.5 Å². The summed E-state index contributed by atoms with van der Waals surface area (Å²) in [6.07, 6.45) is 1.14. The van der Waals surface area contributed by atoms with E-state index in [2.05, 4.69) is 21.7 Å². The van der Waals surface area contributed by atoms with E-state index in [1.165, 1.54) is 21.3 Å². The van der Waals surface area contributed by atoms with Crippen LogP contribution < -0.4 is 19.5 Å². The van der Waals surface area contributed by atoms with Crippen molar-refractivity contribution in [2.24, 2.45) is 0 Å². The maximum Gasteiger partial charge on any atom is 0.255 e. The fourth-order valence-corrected chi connectivity index (χ4v) is 4.07. The van der Waals surface area contributed by atoms with Gasteiger partial charge in [0.25, 0.3) is 5.91 Å². The summed E-state index contributed by atoms with van der Waals surface area (Å²) >= 11 is 0. The van der Waals surface area contributed by atoms with Gasteiger partial charge in [0.15, 0.2) is 11.5 Å². The molecule has 1 amide bonds. The summed E-state index contributed by atoms with van der Waals surface area (Å²) in [4.78, 5) is 20.1. The Morgan fingerprint density at radius 2 is 1.81 bits per heavy atom. The third-order valence-electron chi connectivity index (χ3n) is 5.56. The van der Waals surface area contributed by atoms with Gasteiger partial charge in [0.1, 0.15) is 5.82 Å². The zero-order valence-electron chi connectivity index (χ0n) is 18.4. The number of aromatic nitrogens is 2. The number of imidazole rings is 1. The molecule has 0 atom stereocenters. The molecular weight excluding hydrogens is 396 g/mol. The molecule has 1 aliphatic rings. The number of carbonyl (C=O) groups excluding carboxylic acids is 1. The molecule has 1 aliphatic heterocycles. The predicted molar refractivity (Wildman–Crippen MR) is 119 cm³/mol. The van der Waals surface area contributed by atoms with E-state index in [0.29, 0.717) is 28.5 Å². The van der Waals surface area contributed by atoms with Crippen LogP contribution in [0.3, 0.4) is 0 Å². The Morgan fingerprint density at radius 3 is 2.45 bits per heavy atom. The minimum Gasteiger partial charge on any atom is -0.493 e. The van der Waals surface area contributed by atoms with E-state index in [1.807, 2.05) is 18.2 Å². The second kappa shape index (κ2) is 8.85. The maximum atomic E-state index is 12.9. The van der Waals surface area contributed by atoms with Crippen LogP contribution in [0.5, 0.6) is 17.2 Å². The second-order valence-corrected chi connectivity index (χ2v) is 7.53. The van der Waals surface area contributed by atoms with Crippen molar-refractivity contribution in [2.75, 3.05) is 39.7 Å². The summed E-state index contributed by atoms with van der Waals surface area (Å²) in [5.74, 6) is 2.12. The van der Waals surface area contributed by atoms with Gasteiger partial charge in [0, 0.05) is 24.3 Å². The summed E-state index contributed by atoms with van der Waals surface area (Å²) in [6.45, 7) is 6.10. The second-order valence-electron chi connectivity index (χ2n) is 7.53. The topological polar surface area (TPSA) is 77.9 Å². The number of rotatable bonds is 7. The van der Waals surface area contributed by atoms with Crippen molar-refractivity contribution in [3.8, 4) is 17.2 Å². The van der Waals surface area contributed by atoms with Crippen molar-refractivity contribution in [1.29, 1.82) is 0 Å². The monoisotopic (exact) mass is 424 g/mol. The van der Waals surface area contributed by atoms with Crippen molar-refractivity contribution in [2.45, 2.75) is 26.4 Å². The van der Waals surface area contributed by atoms with Crippen molar-refractivity contribution in [1.82, 2.24) is 14.5 Å². The van der Waals surface area contributed by atoms with E-state index in [0.717, 1.165) is 49.5 Å². The number of methoxy groups -OCH3 is 3. The van der Waals surface area contributed by atoms with Gasteiger partial charge in [0.2, 0.25) is 5.75 Å². The third kappa shape index (κ3) is 4.03. The molecule has 0 fully saturated rings. The largest absolute Gasteiger partial charge is 0.493 e. The van der Waals surface area contributed by atoms with Gasteiger partial charge < -0.3 is 24.1 Å². The predicted octanol–water partition coefficient (Wildman–Crippen LogP) is 3.54. The van der Waals surface area contributed by atoms with Gasteiger partial charge >= 0.3 is 0 Å². The third-order valence-corrected chi connectivity index (χ3v) is 5.56. The van der Waals surface area contributed by atoms with Crippen LogP contribution in [-0.4, -0.2) is 54.8 Å². The van der Waals surface area contributed by atoms with Gasteiger partial charge in [-0.05, 0) is 43.3 Å². The molecule has 1 aromatic heterocycles. The fraction of sp³-hybridized carbons (Fsp3) is 0.391. The summed E-state index contributed by atoms with van der Waals surface area (Å²) in [5, 5.41) is 2.95. The summed E-state index contributed by atoms with van der Waals surface area (Å²) in [5.41, 5.74) is 3.08. The normalized spacial score (nSPS) is 13.7. The average molecular weight is 425 g/mol. The Kier molecular flexibility index (Phi) is 5.99. The molecule has 3 aromatic rings. The first-order valence-electron chi connectivity index (χ1n) is 10.4. The molecule has 0 aliphatic carbocycles. The van der Waals surface area contributed by atoms with Gasteiger partial charge in [-0.1, -0.05) is 6.92 Å². The van der Waals surface area contributed by atoms with Crippen LogP contribution >= 0.6 is 0 Å². The number of nitrogens with one attached hydrogen (secondary N) is 1. The highest BCUT2D eigenvalue weighted by Crippen LogP contribution is 2.38. The molecule has 0 saturated carbocycles. The number of benzene rings is 2. The van der Waals surface area contributed by atoms with Crippen LogP contribution in [0, 0.1) is 0 Å². The number of carbonyl (C=O) groups is 1. The SMILES string of the molecule is CCCN1CCn2c(nc3cc(NC(=O)c4cc(OC)c(OC)c(OC)c4)ccc32)C1. The van der Waals surface area contributed by atoms with Crippen molar-refractivity contribution in [3.05, 3.63) is 41.7 Å². The number of hydrogen-bond donors (Lipinski definition) is 1. The van der Waals surface area contributed by atoms with Crippen molar-refractivity contribution in [3.63, 3.8) is 0 Å². The molecule has 4 rings (SSSR count). The highest BCUT2D eigenvalue weighted by atomic mass is 16.5. The van der Waals surface area contributed by atoms with E-state index in [1.54, 1.807) is 12.1 Å². The Morgan fingerprint density at radius 1 is 1.06 bits per heavy atom. The van der Waals surface area contributed by atoms with Gasteiger partial charge in [0.05, 0.1) is 38.9 Å². The minimum atomic E-state index is -0.267. The first-order valence-corrected chi connectivity index (χ1v) is 10.4. The molecule has 2 aromatic carbocycles. The fourth-order valence-electron chi connectivity index (χ4n) is 4.07. The molecule has 0 radical (unpaired) electrons. The van der Waals surface area contributed by atoms with E-state index in [4.69, 9.17) is 19.2 Å². The Labute approximate surface area is 181 Å². The minimum absolute atomic E-state index is 0.267. The standard InChI is InChI=1S/C23H28N4O4/c1-5-8-26-9-10-27-18-7-6-16(13-17(18)25-21(27)14-26)24-23(28)15-11-19(29-2)22(31-4)20(12-15)30-3/h6-7,11-13H,5,8-10,14H2,1-4H3,(H,24,28). The van der Waals surface area contributed by atoms with Gasteiger partial charge in [-0.15, -0.1) is 0 Å². The lowest BCUT2D eigenvalue weighted by atomic mass is 10.1. The summed E-state index contributed by atoms with van der Waals surface area (Å²) < 4.78 is 18.3. The number of fused-ring (bicyclic) bond motifs is 3. The zero-order chi connectivity index (χ0) is 22.0. The average Bonchev–Trinajstić information content (AvgIpc) is 3.14. The lowest BCUT2D eigenvalue weighted by Gasteiger charge is -2.27. The van der Waals surface area contributed by atoms with E-state index >= 15 is 0 Å². The lowest BCUT2D eigenvalue weighted by molar-refractivity contribution is 0.102. The summed E-state index contributed by atoms with van der Waals surface area (Å²) in [7, 11) is 4.57. The molecule has 8 nitrogen and oxygen atoms in total. The van der Waals surface area contributed by atoms with Crippen LogP contribution in [0.4, 0.5) is 5.69 Å². The van der Waals surface area contributed by atoms with E-state index < -0.39 is 0 Å². The van der Waals surface area contributed by atoms with Crippen LogP contribution in [0.2, 0.25) is 0 Å².